The number of ether oxygens (including phenoxy) is 1. The Morgan fingerprint density at radius 1 is 1.33 bits per heavy atom. The highest BCUT2D eigenvalue weighted by Crippen LogP contribution is 2.31. The summed E-state index contributed by atoms with van der Waals surface area (Å²) in [6.07, 6.45) is -0.801. The largest absolute Gasteiger partial charge is 0.496 e. The molecule has 0 heterocycles. The molecule has 1 N–H and O–H groups in total. The average molecular weight is 258 g/mol. The minimum atomic E-state index is -3.75. The van der Waals surface area contributed by atoms with Crippen molar-refractivity contribution in [2.45, 2.75) is 33.1 Å². The molecular weight excluding hydrogens is 242 g/mol. The highest BCUT2D eigenvalue weighted by Gasteiger charge is 2.39. The maximum Gasteiger partial charge on any atom is 0.374 e. The number of hydrogen-bond acceptors (Lipinski definition) is 2. The lowest BCUT2D eigenvalue weighted by molar-refractivity contribution is -0.164. The highest BCUT2D eigenvalue weighted by atomic mass is 19.3. The van der Waals surface area contributed by atoms with Gasteiger partial charge in [0.1, 0.15) is 5.75 Å². The maximum absolute atomic E-state index is 13.3. The Balaban J connectivity index is 3.27. The van der Waals surface area contributed by atoms with E-state index in [0.29, 0.717) is 22.4 Å². The van der Waals surface area contributed by atoms with Gasteiger partial charge in [-0.2, -0.15) is 8.78 Å². The molecule has 18 heavy (non-hydrogen) atoms. The van der Waals surface area contributed by atoms with Gasteiger partial charge in [-0.1, -0.05) is 0 Å². The quantitative estimate of drug-likeness (QED) is 0.903. The molecule has 0 aliphatic carbocycles. The van der Waals surface area contributed by atoms with Crippen LogP contribution >= 0.6 is 0 Å². The molecular formula is C13H16F2O3. The van der Waals surface area contributed by atoms with Crippen LogP contribution in [0.2, 0.25) is 0 Å². The van der Waals surface area contributed by atoms with Crippen molar-refractivity contribution in [2.75, 3.05) is 7.11 Å². The predicted octanol–water partition coefficient (Wildman–Crippen LogP) is 2.88. The second kappa shape index (κ2) is 4.92. The number of alkyl halides is 2. The van der Waals surface area contributed by atoms with E-state index in [2.05, 4.69) is 0 Å². The summed E-state index contributed by atoms with van der Waals surface area (Å²) in [6.45, 7) is 5.12. The average Bonchev–Trinajstić information content (AvgIpc) is 2.29. The van der Waals surface area contributed by atoms with E-state index < -0.39 is 18.3 Å². The van der Waals surface area contributed by atoms with Crippen LogP contribution in [0.25, 0.3) is 0 Å². The molecule has 0 saturated heterocycles. The van der Waals surface area contributed by atoms with Gasteiger partial charge in [0, 0.05) is 6.42 Å². The van der Waals surface area contributed by atoms with Gasteiger partial charge in [0.2, 0.25) is 0 Å². The smallest absolute Gasteiger partial charge is 0.374 e. The van der Waals surface area contributed by atoms with Crippen LogP contribution < -0.4 is 4.74 Å². The fourth-order valence-electron chi connectivity index (χ4n) is 1.88. The van der Waals surface area contributed by atoms with E-state index in [1.165, 1.54) is 7.11 Å². The monoisotopic (exact) mass is 258 g/mol. The molecule has 5 heteroatoms. The molecule has 0 amide bonds. The molecule has 0 fully saturated rings. The molecule has 1 rings (SSSR count). The summed E-state index contributed by atoms with van der Waals surface area (Å²) < 4.78 is 31.7. The summed E-state index contributed by atoms with van der Waals surface area (Å²) in [4.78, 5) is 10.5. The molecule has 0 aliphatic heterocycles. The van der Waals surface area contributed by atoms with Gasteiger partial charge in [0.05, 0.1) is 7.11 Å². The third-order valence-electron chi connectivity index (χ3n) is 3.14. The van der Waals surface area contributed by atoms with E-state index in [1.54, 1.807) is 26.8 Å². The Hall–Kier alpha value is -1.65. The number of rotatable bonds is 4. The predicted molar refractivity (Wildman–Crippen MR) is 63.5 cm³/mol. The minimum Gasteiger partial charge on any atom is -0.496 e. The molecule has 0 atom stereocenters. The number of aliphatic carboxylic acids is 1. The molecule has 0 radical (unpaired) electrons. The van der Waals surface area contributed by atoms with E-state index in [9.17, 15) is 13.6 Å². The van der Waals surface area contributed by atoms with Crippen LogP contribution in [0.1, 0.15) is 22.3 Å². The topological polar surface area (TPSA) is 46.5 Å². The first kappa shape index (κ1) is 14.4. The molecule has 0 unspecified atom stereocenters. The first-order valence-corrected chi connectivity index (χ1v) is 5.45. The van der Waals surface area contributed by atoms with Crippen molar-refractivity contribution in [3.63, 3.8) is 0 Å². The number of aryl methyl sites for hydroxylation is 1. The maximum atomic E-state index is 13.3. The van der Waals surface area contributed by atoms with Crippen LogP contribution in [0, 0.1) is 20.8 Å². The molecule has 1 aromatic carbocycles. The summed E-state index contributed by atoms with van der Waals surface area (Å²) in [6, 6.07) is 1.65. The van der Waals surface area contributed by atoms with Gasteiger partial charge < -0.3 is 9.84 Å². The third kappa shape index (κ3) is 2.60. The Morgan fingerprint density at radius 3 is 2.33 bits per heavy atom. The van der Waals surface area contributed by atoms with Crippen LogP contribution in [0.3, 0.4) is 0 Å². The standard InChI is InChI=1S/C13H16F2O3/c1-7-5-11(18-4)9(3)8(2)10(7)6-13(14,15)12(16)17/h5H,6H2,1-4H3,(H,16,17). The molecule has 3 nitrogen and oxygen atoms in total. The summed E-state index contributed by atoms with van der Waals surface area (Å²) >= 11 is 0. The van der Waals surface area contributed by atoms with E-state index >= 15 is 0 Å². The van der Waals surface area contributed by atoms with Crippen molar-refractivity contribution in [3.8, 4) is 5.75 Å². The summed E-state index contributed by atoms with van der Waals surface area (Å²) in [5.74, 6) is -5.24. The zero-order valence-electron chi connectivity index (χ0n) is 10.8. The molecule has 1 aromatic rings. The number of benzene rings is 1. The van der Waals surface area contributed by atoms with Gasteiger partial charge >= 0.3 is 11.9 Å². The molecule has 100 valence electrons. The lowest BCUT2D eigenvalue weighted by Gasteiger charge is -2.18. The van der Waals surface area contributed by atoms with E-state index in [1.807, 2.05) is 0 Å². The highest BCUT2D eigenvalue weighted by molar-refractivity contribution is 5.76. The van der Waals surface area contributed by atoms with Gasteiger partial charge in [-0.25, -0.2) is 4.79 Å². The number of halogens is 2. The summed E-state index contributed by atoms with van der Waals surface area (Å²) in [5.41, 5.74) is 2.36. The summed E-state index contributed by atoms with van der Waals surface area (Å²) in [5, 5.41) is 8.48. The second-order valence-corrected chi connectivity index (χ2v) is 4.31. The van der Waals surface area contributed by atoms with Crippen molar-refractivity contribution in [2.24, 2.45) is 0 Å². The van der Waals surface area contributed by atoms with Gasteiger partial charge in [0.25, 0.3) is 0 Å². The minimum absolute atomic E-state index is 0.362. The van der Waals surface area contributed by atoms with Crippen LogP contribution in [0.15, 0.2) is 6.07 Å². The SMILES string of the molecule is COc1cc(C)c(CC(F)(F)C(=O)O)c(C)c1C. The number of methoxy groups -OCH3 is 1. The molecule has 0 bridgehead atoms. The van der Waals surface area contributed by atoms with Gasteiger partial charge in [-0.15, -0.1) is 0 Å². The van der Waals surface area contributed by atoms with Crippen molar-refractivity contribution in [1.29, 1.82) is 0 Å². The number of carboxylic acid groups (broad SMARTS) is 1. The fourth-order valence-corrected chi connectivity index (χ4v) is 1.88. The Morgan fingerprint density at radius 2 is 1.89 bits per heavy atom. The Labute approximate surface area is 104 Å². The van der Waals surface area contributed by atoms with Crippen molar-refractivity contribution < 1.29 is 23.4 Å². The molecule has 0 aliphatic rings. The first-order valence-electron chi connectivity index (χ1n) is 5.45. The third-order valence-corrected chi connectivity index (χ3v) is 3.14. The molecule has 0 saturated carbocycles. The van der Waals surface area contributed by atoms with Gasteiger partial charge in [0.15, 0.2) is 0 Å². The molecule has 0 aromatic heterocycles. The van der Waals surface area contributed by atoms with Crippen molar-refractivity contribution in [1.82, 2.24) is 0 Å². The van der Waals surface area contributed by atoms with Gasteiger partial charge in [-0.05, 0) is 49.1 Å². The second-order valence-electron chi connectivity index (χ2n) is 4.31. The lowest BCUT2D eigenvalue weighted by atomic mass is 9.93. The van der Waals surface area contributed by atoms with Crippen LogP contribution in [-0.2, 0) is 11.2 Å². The fraction of sp³-hybridized carbons (Fsp3) is 0.462. The number of carbonyl (C=O) groups is 1. The number of carboxylic acids is 1. The summed E-state index contributed by atoms with van der Waals surface area (Å²) in [7, 11) is 1.51. The first-order chi connectivity index (χ1) is 8.20. The normalized spacial score (nSPS) is 11.4. The zero-order chi connectivity index (χ0) is 14.1. The van der Waals surface area contributed by atoms with E-state index in [-0.39, 0.29) is 0 Å². The lowest BCUT2D eigenvalue weighted by Crippen LogP contribution is -2.31. The van der Waals surface area contributed by atoms with Gasteiger partial charge in [-0.3, -0.25) is 0 Å². The van der Waals surface area contributed by atoms with Crippen LogP contribution in [0.5, 0.6) is 5.75 Å². The Kier molecular flexibility index (Phi) is 3.94. The number of hydrogen-bond donors (Lipinski definition) is 1. The van der Waals surface area contributed by atoms with Crippen molar-refractivity contribution in [3.05, 3.63) is 28.3 Å². The van der Waals surface area contributed by atoms with Crippen molar-refractivity contribution >= 4 is 5.97 Å². The Bertz CT molecular complexity index is 482. The van der Waals surface area contributed by atoms with Crippen LogP contribution in [-0.4, -0.2) is 24.1 Å². The zero-order valence-corrected chi connectivity index (χ0v) is 10.8. The van der Waals surface area contributed by atoms with Crippen LogP contribution in [0.4, 0.5) is 8.78 Å². The van der Waals surface area contributed by atoms with E-state index in [4.69, 9.17) is 9.84 Å². The van der Waals surface area contributed by atoms with E-state index in [0.717, 1.165) is 5.56 Å². The molecule has 0 spiro atoms.